The molecule has 1 aromatic heterocycles. The summed E-state index contributed by atoms with van der Waals surface area (Å²) in [6.45, 7) is 2.01. The Morgan fingerprint density at radius 3 is 2.58 bits per heavy atom. The number of benzene rings is 2. The molecule has 0 saturated heterocycles. The Bertz CT molecular complexity index is 829. The van der Waals surface area contributed by atoms with Gasteiger partial charge in [0.1, 0.15) is 0 Å². The van der Waals surface area contributed by atoms with Crippen LogP contribution >= 0.6 is 27.7 Å². The fraction of sp³-hybridized carbons (Fsp3) is 0.111. The number of aromatic nitrogens is 1. The van der Waals surface area contributed by atoms with Crippen LogP contribution in [0.3, 0.4) is 0 Å². The lowest BCUT2D eigenvalue weighted by atomic mass is 10.2. The number of oxazole rings is 1. The average Bonchev–Trinajstić information content (AvgIpc) is 3.05. The van der Waals surface area contributed by atoms with Crippen LogP contribution in [-0.2, 0) is 4.79 Å². The van der Waals surface area contributed by atoms with E-state index in [2.05, 4.69) is 26.2 Å². The summed E-state index contributed by atoms with van der Waals surface area (Å²) < 4.78 is 6.69. The van der Waals surface area contributed by atoms with Gasteiger partial charge in [0.2, 0.25) is 5.91 Å². The highest BCUT2D eigenvalue weighted by molar-refractivity contribution is 9.10. The van der Waals surface area contributed by atoms with Gasteiger partial charge in [-0.2, -0.15) is 0 Å². The fourth-order valence-electron chi connectivity index (χ4n) is 2.03. The van der Waals surface area contributed by atoms with Crippen molar-refractivity contribution in [3.63, 3.8) is 0 Å². The largest absolute Gasteiger partial charge is 0.431 e. The van der Waals surface area contributed by atoms with E-state index in [9.17, 15) is 4.79 Å². The minimum atomic E-state index is -0.0905. The van der Waals surface area contributed by atoms with E-state index in [4.69, 9.17) is 4.42 Å². The number of anilines is 1. The predicted octanol–water partition coefficient (Wildman–Crippen LogP) is 5.14. The van der Waals surface area contributed by atoms with Gasteiger partial charge in [0.05, 0.1) is 11.9 Å². The number of hydrogen-bond donors (Lipinski definition) is 1. The van der Waals surface area contributed by atoms with Crippen molar-refractivity contribution in [1.82, 2.24) is 4.98 Å². The van der Waals surface area contributed by atoms with Gasteiger partial charge in [-0.3, -0.25) is 4.79 Å². The molecule has 0 aliphatic heterocycles. The molecule has 6 heteroatoms. The van der Waals surface area contributed by atoms with E-state index in [1.807, 2.05) is 55.5 Å². The molecule has 0 fully saturated rings. The zero-order chi connectivity index (χ0) is 16.9. The Balaban J connectivity index is 1.56. The molecule has 0 radical (unpaired) electrons. The molecule has 0 bridgehead atoms. The molecule has 1 heterocycles. The van der Waals surface area contributed by atoms with Crippen molar-refractivity contribution in [3.05, 3.63) is 64.8 Å². The van der Waals surface area contributed by atoms with Crippen LogP contribution in [0.2, 0.25) is 0 Å². The highest BCUT2D eigenvalue weighted by atomic mass is 79.9. The molecule has 4 nitrogen and oxygen atoms in total. The maximum atomic E-state index is 12.0. The number of nitrogens with zero attached hydrogens (tertiary/aromatic N) is 1. The molecule has 1 amide bonds. The van der Waals surface area contributed by atoms with E-state index >= 15 is 0 Å². The number of amides is 1. The van der Waals surface area contributed by atoms with Crippen LogP contribution in [0.4, 0.5) is 5.69 Å². The maximum Gasteiger partial charge on any atom is 0.256 e. The number of halogens is 1. The fourth-order valence-corrected chi connectivity index (χ4v) is 2.90. The first-order valence-electron chi connectivity index (χ1n) is 7.31. The molecule has 1 N–H and O–H groups in total. The molecule has 2 aromatic carbocycles. The number of rotatable bonds is 5. The SMILES string of the molecule is Cc1ccc(NC(=O)CSc2ncc(-c3ccc(Br)cc3)o2)cc1. The van der Waals surface area contributed by atoms with Crippen molar-refractivity contribution >= 4 is 39.3 Å². The number of aryl methyl sites for hydroxylation is 1. The van der Waals surface area contributed by atoms with Crippen molar-refractivity contribution < 1.29 is 9.21 Å². The highest BCUT2D eigenvalue weighted by Crippen LogP contribution is 2.26. The number of carbonyl (C=O) groups excluding carboxylic acids is 1. The van der Waals surface area contributed by atoms with Crippen LogP contribution in [0.1, 0.15) is 5.56 Å². The molecular weight excluding hydrogens is 388 g/mol. The molecule has 0 unspecified atom stereocenters. The summed E-state index contributed by atoms with van der Waals surface area (Å²) in [7, 11) is 0. The molecule has 0 atom stereocenters. The zero-order valence-corrected chi connectivity index (χ0v) is 15.4. The molecule has 24 heavy (non-hydrogen) atoms. The van der Waals surface area contributed by atoms with Crippen molar-refractivity contribution in [2.45, 2.75) is 12.1 Å². The number of hydrogen-bond acceptors (Lipinski definition) is 4. The summed E-state index contributed by atoms with van der Waals surface area (Å²) in [4.78, 5) is 16.2. The number of thioether (sulfide) groups is 1. The summed E-state index contributed by atoms with van der Waals surface area (Å²) in [5, 5.41) is 3.33. The first-order valence-corrected chi connectivity index (χ1v) is 9.09. The molecule has 0 aliphatic carbocycles. The summed E-state index contributed by atoms with van der Waals surface area (Å²) in [5.74, 6) is 0.838. The van der Waals surface area contributed by atoms with E-state index in [0.29, 0.717) is 11.0 Å². The second kappa shape index (κ2) is 7.68. The minimum Gasteiger partial charge on any atom is -0.431 e. The van der Waals surface area contributed by atoms with E-state index in [1.165, 1.54) is 11.8 Å². The van der Waals surface area contributed by atoms with Crippen molar-refractivity contribution in [1.29, 1.82) is 0 Å². The molecule has 3 aromatic rings. The quantitative estimate of drug-likeness (QED) is 0.599. The number of nitrogens with one attached hydrogen (secondary N) is 1. The second-order valence-electron chi connectivity index (χ2n) is 5.20. The molecule has 0 spiro atoms. The van der Waals surface area contributed by atoms with Crippen LogP contribution in [0, 0.1) is 6.92 Å². The van der Waals surface area contributed by atoms with Gasteiger partial charge in [-0.25, -0.2) is 4.98 Å². The Morgan fingerprint density at radius 2 is 1.88 bits per heavy atom. The van der Waals surface area contributed by atoms with Crippen molar-refractivity contribution in [3.8, 4) is 11.3 Å². The van der Waals surface area contributed by atoms with E-state index < -0.39 is 0 Å². The Labute approximate surface area is 152 Å². The van der Waals surface area contributed by atoms with E-state index in [1.54, 1.807) is 6.20 Å². The molecule has 0 saturated carbocycles. The lowest BCUT2D eigenvalue weighted by Crippen LogP contribution is -2.13. The van der Waals surface area contributed by atoms with Crippen LogP contribution in [0.25, 0.3) is 11.3 Å². The second-order valence-corrected chi connectivity index (χ2v) is 7.04. The molecule has 122 valence electrons. The Morgan fingerprint density at radius 1 is 1.17 bits per heavy atom. The van der Waals surface area contributed by atoms with Gasteiger partial charge in [-0.05, 0) is 31.2 Å². The molecule has 0 aliphatic rings. The first kappa shape index (κ1) is 16.8. The lowest BCUT2D eigenvalue weighted by Gasteiger charge is -2.04. The predicted molar refractivity (Wildman–Crippen MR) is 100 cm³/mol. The summed E-state index contributed by atoms with van der Waals surface area (Å²) >= 11 is 4.67. The highest BCUT2D eigenvalue weighted by Gasteiger charge is 2.10. The van der Waals surface area contributed by atoms with Crippen molar-refractivity contribution in [2.24, 2.45) is 0 Å². The third-order valence-corrected chi connectivity index (χ3v) is 4.65. The lowest BCUT2D eigenvalue weighted by molar-refractivity contribution is -0.113. The first-order chi connectivity index (χ1) is 11.6. The van der Waals surface area contributed by atoms with E-state index in [-0.39, 0.29) is 11.7 Å². The zero-order valence-electron chi connectivity index (χ0n) is 13.0. The van der Waals surface area contributed by atoms with Gasteiger partial charge in [0.25, 0.3) is 5.22 Å². The summed E-state index contributed by atoms with van der Waals surface area (Å²) in [6, 6.07) is 15.5. The van der Waals surface area contributed by atoms with Crippen LogP contribution in [0.5, 0.6) is 0 Å². The van der Waals surface area contributed by atoms with Gasteiger partial charge >= 0.3 is 0 Å². The Hall–Kier alpha value is -2.05. The van der Waals surface area contributed by atoms with Crippen LogP contribution in [-0.4, -0.2) is 16.6 Å². The maximum absolute atomic E-state index is 12.0. The molecular formula is C18H15BrN2O2S. The van der Waals surface area contributed by atoms with Gasteiger partial charge in [0, 0.05) is 15.7 Å². The average molecular weight is 403 g/mol. The summed E-state index contributed by atoms with van der Waals surface area (Å²) in [5.41, 5.74) is 2.89. The third-order valence-electron chi connectivity index (χ3n) is 3.28. The van der Waals surface area contributed by atoms with Crippen molar-refractivity contribution in [2.75, 3.05) is 11.1 Å². The Kier molecular flexibility index (Phi) is 5.37. The summed E-state index contributed by atoms with van der Waals surface area (Å²) in [6.07, 6.45) is 1.67. The van der Waals surface area contributed by atoms with Gasteiger partial charge in [-0.15, -0.1) is 0 Å². The third kappa shape index (κ3) is 4.49. The topological polar surface area (TPSA) is 55.1 Å². The number of carbonyl (C=O) groups is 1. The minimum absolute atomic E-state index is 0.0905. The van der Waals surface area contributed by atoms with Gasteiger partial charge in [-0.1, -0.05) is 57.5 Å². The molecule has 3 rings (SSSR count). The normalized spacial score (nSPS) is 10.6. The standard InChI is InChI=1S/C18H15BrN2O2S/c1-12-2-8-15(9-3-12)21-17(22)11-24-18-20-10-16(23-18)13-4-6-14(19)7-5-13/h2-10H,11H2,1H3,(H,21,22). The van der Waals surface area contributed by atoms with Crippen LogP contribution < -0.4 is 5.32 Å². The van der Waals surface area contributed by atoms with E-state index in [0.717, 1.165) is 21.3 Å². The smallest absolute Gasteiger partial charge is 0.256 e. The van der Waals surface area contributed by atoms with Crippen LogP contribution in [0.15, 0.2) is 68.8 Å². The van der Waals surface area contributed by atoms with Gasteiger partial charge in [0.15, 0.2) is 5.76 Å². The monoisotopic (exact) mass is 402 g/mol. The van der Waals surface area contributed by atoms with Gasteiger partial charge < -0.3 is 9.73 Å².